The molecule has 1 saturated heterocycles. The fraction of sp³-hybridized carbons (Fsp3) is 0.538. The number of anilines is 1. The number of halogens is 4. The molecular formula is C13H16BrClF2N2O. The Balaban J connectivity index is 2.20. The van der Waals surface area contributed by atoms with E-state index in [1.807, 2.05) is 7.05 Å². The first-order valence-electron chi connectivity index (χ1n) is 6.34. The SMILES string of the molecule is CN1CCCC(Nc2cc(Cl)cc(Br)c2OC(F)F)C1. The Kier molecular flexibility index (Phi) is 5.46. The van der Waals surface area contributed by atoms with E-state index in [0.717, 1.165) is 25.9 Å². The van der Waals surface area contributed by atoms with Crippen molar-refractivity contribution in [2.45, 2.75) is 25.5 Å². The van der Waals surface area contributed by atoms with E-state index in [9.17, 15) is 8.78 Å². The summed E-state index contributed by atoms with van der Waals surface area (Å²) in [6.07, 6.45) is 2.06. The molecule has 0 bridgehead atoms. The molecule has 1 fully saturated rings. The molecule has 20 heavy (non-hydrogen) atoms. The monoisotopic (exact) mass is 368 g/mol. The van der Waals surface area contributed by atoms with Gasteiger partial charge in [-0.05, 0) is 54.5 Å². The molecule has 0 aromatic heterocycles. The Bertz CT molecular complexity index is 476. The van der Waals surface area contributed by atoms with Gasteiger partial charge in [0.2, 0.25) is 0 Å². The third kappa shape index (κ3) is 4.20. The van der Waals surface area contributed by atoms with Crippen LogP contribution < -0.4 is 10.1 Å². The Morgan fingerprint density at radius 2 is 2.25 bits per heavy atom. The largest absolute Gasteiger partial charge is 0.431 e. The lowest BCUT2D eigenvalue weighted by Gasteiger charge is -2.31. The van der Waals surface area contributed by atoms with Crippen molar-refractivity contribution in [3.8, 4) is 5.75 Å². The molecule has 112 valence electrons. The van der Waals surface area contributed by atoms with Gasteiger partial charge in [-0.2, -0.15) is 8.78 Å². The van der Waals surface area contributed by atoms with Crippen LogP contribution in [-0.4, -0.2) is 37.7 Å². The predicted molar refractivity (Wildman–Crippen MR) is 79.9 cm³/mol. The fourth-order valence-corrected chi connectivity index (χ4v) is 3.28. The van der Waals surface area contributed by atoms with E-state index >= 15 is 0 Å². The van der Waals surface area contributed by atoms with Gasteiger partial charge >= 0.3 is 6.61 Å². The summed E-state index contributed by atoms with van der Waals surface area (Å²) in [4.78, 5) is 2.20. The van der Waals surface area contributed by atoms with Crippen molar-refractivity contribution in [2.75, 3.05) is 25.5 Å². The maximum atomic E-state index is 12.5. The van der Waals surface area contributed by atoms with Crippen LogP contribution in [0.2, 0.25) is 5.02 Å². The molecule has 1 atom stereocenters. The van der Waals surface area contributed by atoms with Crippen LogP contribution in [-0.2, 0) is 0 Å². The Labute approximate surface area is 130 Å². The molecule has 0 spiro atoms. The highest BCUT2D eigenvalue weighted by molar-refractivity contribution is 9.10. The van der Waals surface area contributed by atoms with E-state index in [2.05, 4.69) is 30.9 Å². The number of hydrogen-bond donors (Lipinski definition) is 1. The lowest BCUT2D eigenvalue weighted by atomic mass is 10.1. The van der Waals surface area contributed by atoms with Crippen molar-refractivity contribution in [3.63, 3.8) is 0 Å². The van der Waals surface area contributed by atoms with E-state index in [4.69, 9.17) is 11.6 Å². The summed E-state index contributed by atoms with van der Waals surface area (Å²) in [5.41, 5.74) is 0.491. The summed E-state index contributed by atoms with van der Waals surface area (Å²) in [7, 11) is 2.04. The number of likely N-dealkylation sites (tertiary alicyclic amines) is 1. The van der Waals surface area contributed by atoms with Crippen LogP contribution in [0.3, 0.4) is 0 Å². The van der Waals surface area contributed by atoms with Crippen LogP contribution in [0, 0.1) is 0 Å². The molecule has 3 nitrogen and oxygen atoms in total. The van der Waals surface area contributed by atoms with Crippen LogP contribution in [0.15, 0.2) is 16.6 Å². The summed E-state index contributed by atoms with van der Waals surface area (Å²) in [5.74, 6) is 0.0950. The Hall–Kier alpha value is -0.590. The number of nitrogens with one attached hydrogen (secondary N) is 1. The van der Waals surface area contributed by atoms with Crippen molar-refractivity contribution in [1.29, 1.82) is 0 Å². The van der Waals surface area contributed by atoms with E-state index in [0.29, 0.717) is 15.2 Å². The molecule has 1 aliphatic rings. The number of benzene rings is 1. The van der Waals surface area contributed by atoms with E-state index < -0.39 is 6.61 Å². The lowest BCUT2D eigenvalue weighted by molar-refractivity contribution is -0.0499. The maximum absolute atomic E-state index is 12.5. The topological polar surface area (TPSA) is 24.5 Å². The van der Waals surface area contributed by atoms with Crippen molar-refractivity contribution in [1.82, 2.24) is 4.90 Å². The van der Waals surface area contributed by atoms with Gasteiger partial charge in [0.15, 0.2) is 5.75 Å². The third-order valence-corrected chi connectivity index (χ3v) is 4.01. The van der Waals surface area contributed by atoms with Gasteiger partial charge in [0, 0.05) is 17.6 Å². The first kappa shape index (κ1) is 15.8. The minimum atomic E-state index is -2.87. The zero-order valence-electron chi connectivity index (χ0n) is 11.0. The van der Waals surface area contributed by atoms with Gasteiger partial charge in [0.1, 0.15) is 0 Å². The molecule has 7 heteroatoms. The zero-order valence-corrected chi connectivity index (χ0v) is 13.3. The molecule has 1 aromatic carbocycles. The molecule has 2 rings (SSSR count). The minimum Gasteiger partial charge on any atom is -0.431 e. The number of piperidine rings is 1. The smallest absolute Gasteiger partial charge is 0.387 e. The van der Waals surface area contributed by atoms with E-state index in [-0.39, 0.29) is 11.8 Å². The van der Waals surface area contributed by atoms with Crippen molar-refractivity contribution in [3.05, 3.63) is 21.6 Å². The highest BCUT2D eigenvalue weighted by Crippen LogP contribution is 2.38. The normalized spacial score (nSPS) is 20.2. The Morgan fingerprint density at radius 3 is 2.90 bits per heavy atom. The van der Waals surface area contributed by atoms with E-state index in [1.54, 1.807) is 6.07 Å². The molecule has 1 N–H and O–H groups in total. The van der Waals surface area contributed by atoms with Gasteiger partial charge < -0.3 is 15.0 Å². The van der Waals surface area contributed by atoms with Crippen LogP contribution >= 0.6 is 27.5 Å². The average Bonchev–Trinajstić information content (AvgIpc) is 2.33. The maximum Gasteiger partial charge on any atom is 0.387 e. The van der Waals surface area contributed by atoms with Gasteiger partial charge in [-0.25, -0.2) is 0 Å². The molecule has 0 saturated carbocycles. The molecule has 0 radical (unpaired) electrons. The minimum absolute atomic E-state index is 0.0950. The van der Waals surface area contributed by atoms with Crippen molar-refractivity contribution in [2.24, 2.45) is 0 Å². The van der Waals surface area contributed by atoms with Crippen LogP contribution in [0.25, 0.3) is 0 Å². The second-order valence-corrected chi connectivity index (χ2v) is 6.18. The van der Waals surface area contributed by atoms with Crippen LogP contribution in [0.5, 0.6) is 5.75 Å². The second kappa shape index (κ2) is 6.91. The van der Waals surface area contributed by atoms with Gasteiger partial charge in [0.25, 0.3) is 0 Å². The third-order valence-electron chi connectivity index (χ3n) is 3.20. The average molecular weight is 370 g/mol. The molecular weight excluding hydrogens is 354 g/mol. The summed E-state index contributed by atoms with van der Waals surface area (Å²) >= 11 is 9.19. The Morgan fingerprint density at radius 1 is 1.50 bits per heavy atom. The first-order valence-corrected chi connectivity index (χ1v) is 7.51. The van der Waals surface area contributed by atoms with Crippen molar-refractivity contribution < 1.29 is 13.5 Å². The van der Waals surface area contributed by atoms with Gasteiger partial charge in [0.05, 0.1) is 10.2 Å². The fourth-order valence-electron chi connectivity index (χ4n) is 2.38. The molecule has 0 aliphatic carbocycles. The van der Waals surface area contributed by atoms with E-state index in [1.165, 1.54) is 6.07 Å². The highest BCUT2D eigenvalue weighted by Gasteiger charge is 2.21. The highest BCUT2D eigenvalue weighted by atomic mass is 79.9. The van der Waals surface area contributed by atoms with Crippen molar-refractivity contribution >= 4 is 33.2 Å². The quantitative estimate of drug-likeness (QED) is 0.860. The summed E-state index contributed by atoms with van der Waals surface area (Å²) in [5, 5.41) is 3.72. The molecule has 1 aliphatic heterocycles. The number of alkyl halides is 2. The number of rotatable bonds is 4. The molecule has 1 aromatic rings. The lowest BCUT2D eigenvalue weighted by Crippen LogP contribution is -2.39. The number of likely N-dealkylation sites (N-methyl/N-ethyl adjacent to an activating group) is 1. The van der Waals surface area contributed by atoms with Crippen LogP contribution in [0.1, 0.15) is 12.8 Å². The molecule has 1 heterocycles. The zero-order chi connectivity index (χ0) is 14.7. The number of hydrogen-bond acceptors (Lipinski definition) is 3. The summed E-state index contributed by atoms with van der Waals surface area (Å²) < 4.78 is 30.0. The summed E-state index contributed by atoms with van der Waals surface area (Å²) in [6.45, 7) is -0.960. The standard InChI is InChI=1S/C13H16BrClF2N2O/c1-19-4-2-3-9(7-19)18-11-6-8(15)5-10(14)12(11)20-13(16)17/h5-6,9,13,18H,2-4,7H2,1H3. The first-order chi connectivity index (χ1) is 9.45. The summed E-state index contributed by atoms with van der Waals surface area (Å²) in [6, 6.07) is 3.34. The number of ether oxygens (including phenoxy) is 1. The molecule has 0 amide bonds. The second-order valence-electron chi connectivity index (χ2n) is 4.89. The predicted octanol–water partition coefficient (Wildman–Crippen LogP) is 4.21. The number of nitrogens with zero attached hydrogens (tertiary/aromatic N) is 1. The van der Waals surface area contributed by atoms with Gasteiger partial charge in [-0.1, -0.05) is 11.6 Å². The van der Waals surface area contributed by atoms with Crippen LogP contribution in [0.4, 0.5) is 14.5 Å². The van der Waals surface area contributed by atoms with Gasteiger partial charge in [-0.3, -0.25) is 0 Å². The molecule has 1 unspecified atom stereocenters. The van der Waals surface area contributed by atoms with Gasteiger partial charge in [-0.15, -0.1) is 0 Å².